The number of thiophene rings is 1. The van der Waals surface area contributed by atoms with Crippen LogP contribution in [-0.4, -0.2) is 29.9 Å². The fourth-order valence-corrected chi connectivity index (χ4v) is 4.19. The van der Waals surface area contributed by atoms with E-state index in [0.717, 1.165) is 10.1 Å². The van der Waals surface area contributed by atoms with Gasteiger partial charge >= 0.3 is 0 Å². The van der Waals surface area contributed by atoms with Crippen molar-refractivity contribution in [3.63, 3.8) is 0 Å². The molecule has 0 aliphatic carbocycles. The number of benzene rings is 2. The van der Waals surface area contributed by atoms with Crippen LogP contribution in [0, 0.1) is 0 Å². The highest BCUT2D eigenvalue weighted by atomic mass is 35.5. The Hall–Kier alpha value is -3.21. The van der Waals surface area contributed by atoms with E-state index < -0.39 is 11.8 Å². The van der Waals surface area contributed by atoms with Gasteiger partial charge < -0.3 is 10.1 Å². The van der Waals surface area contributed by atoms with E-state index in [0.29, 0.717) is 22.0 Å². The summed E-state index contributed by atoms with van der Waals surface area (Å²) in [6.07, 6.45) is 0. The number of rotatable bonds is 4. The van der Waals surface area contributed by atoms with E-state index in [1.807, 2.05) is 0 Å². The Labute approximate surface area is 191 Å². The molecule has 0 unspecified atom stereocenters. The maximum atomic E-state index is 12.5. The fourth-order valence-electron chi connectivity index (χ4n) is 2.60. The molecule has 4 N–H and O–H groups in total. The molecule has 0 fully saturated rings. The summed E-state index contributed by atoms with van der Waals surface area (Å²) in [5, 5.41) is 6.03. The molecule has 0 bridgehead atoms. The minimum atomic E-state index is -0.503. The van der Waals surface area contributed by atoms with Gasteiger partial charge in [-0.15, -0.1) is 11.3 Å². The predicted molar refractivity (Wildman–Crippen MR) is 125 cm³/mol. The van der Waals surface area contributed by atoms with Crippen LogP contribution < -0.4 is 26.2 Å². The molecule has 0 aliphatic heterocycles. The van der Waals surface area contributed by atoms with Gasteiger partial charge in [-0.05, 0) is 54.7 Å². The van der Waals surface area contributed by atoms with Gasteiger partial charge in [-0.25, -0.2) is 0 Å². The Kier molecular flexibility index (Phi) is 7.06. The summed E-state index contributed by atoms with van der Waals surface area (Å²) >= 11 is 12.6. The molecular weight excluding hydrogens is 460 g/mol. The van der Waals surface area contributed by atoms with Gasteiger partial charge in [0.25, 0.3) is 11.8 Å². The van der Waals surface area contributed by atoms with Crippen molar-refractivity contribution in [1.82, 2.24) is 16.2 Å². The molecule has 160 valence electrons. The normalized spacial score (nSPS) is 10.3. The summed E-state index contributed by atoms with van der Waals surface area (Å²) in [7, 11) is 1.56. The van der Waals surface area contributed by atoms with Gasteiger partial charge in [0.05, 0.1) is 12.1 Å². The first-order valence-electron chi connectivity index (χ1n) is 8.84. The van der Waals surface area contributed by atoms with Crippen LogP contribution in [0.5, 0.6) is 5.75 Å². The van der Waals surface area contributed by atoms with Gasteiger partial charge in [-0.1, -0.05) is 11.6 Å². The second-order valence-electron chi connectivity index (χ2n) is 6.23. The van der Waals surface area contributed by atoms with Crippen molar-refractivity contribution in [3.8, 4) is 5.75 Å². The van der Waals surface area contributed by atoms with Crippen molar-refractivity contribution in [3.05, 3.63) is 57.9 Å². The Balaban J connectivity index is 1.58. The van der Waals surface area contributed by atoms with Crippen molar-refractivity contribution in [2.24, 2.45) is 0 Å². The Morgan fingerprint density at radius 1 is 1.03 bits per heavy atom. The molecule has 1 aromatic heterocycles. The van der Waals surface area contributed by atoms with Crippen molar-refractivity contribution >= 4 is 73.8 Å². The Bertz CT molecular complexity index is 1180. The van der Waals surface area contributed by atoms with Gasteiger partial charge in [0.2, 0.25) is 5.91 Å². The molecule has 31 heavy (non-hydrogen) atoms. The smallest absolute Gasteiger partial charge is 0.269 e. The van der Waals surface area contributed by atoms with Gasteiger partial charge in [0, 0.05) is 28.3 Å². The van der Waals surface area contributed by atoms with Gasteiger partial charge in [-0.2, -0.15) is 0 Å². The van der Waals surface area contributed by atoms with Crippen LogP contribution in [0.1, 0.15) is 27.0 Å². The lowest BCUT2D eigenvalue weighted by Gasteiger charge is -2.11. The molecule has 0 saturated heterocycles. The van der Waals surface area contributed by atoms with E-state index in [4.69, 9.17) is 28.6 Å². The molecule has 0 spiro atoms. The third kappa shape index (κ3) is 5.48. The summed E-state index contributed by atoms with van der Waals surface area (Å²) < 4.78 is 5.98. The number of anilines is 1. The van der Waals surface area contributed by atoms with Crippen molar-refractivity contribution in [2.45, 2.75) is 6.92 Å². The molecule has 3 amide bonds. The fraction of sp³-hybridized carbons (Fsp3) is 0.100. The second kappa shape index (κ2) is 9.73. The maximum absolute atomic E-state index is 12.5. The monoisotopic (exact) mass is 476 g/mol. The Morgan fingerprint density at radius 2 is 1.74 bits per heavy atom. The summed E-state index contributed by atoms with van der Waals surface area (Å²) in [6.45, 7) is 1.39. The number of hydrazine groups is 1. The molecule has 0 saturated carbocycles. The van der Waals surface area contributed by atoms with Crippen LogP contribution in [0.15, 0.2) is 42.5 Å². The van der Waals surface area contributed by atoms with E-state index in [1.165, 1.54) is 30.4 Å². The largest absolute Gasteiger partial charge is 0.497 e. The average molecular weight is 477 g/mol. The molecule has 2 aromatic carbocycles. The predicted octanol–water partition coefficient (Wildman–Crippen LogP) is 3.47. The molecule has 1 heterocycles. The van der Waals surface area contributed by atoms with Crippen LogP contribution in [-0.2, 0) is 4.79 Å². The van der Waals surface area contributed by atoms with Crippen LogP contribution in [0.3, 0.4) is 0 Å². The topological polar surface area (TPSA) is 109 Å². The van der Waals surface area contributed by atoms with Crippen LogP contribution in [0.25, 0.3) is 10.1 Å². The number of carbonyl (C=O) groups excluding carboxylic acids is 3. The number of hydrogen-bond donors (Lipinski definition) is 4. The number of carbonyl (C=O) groups is 3. The molecule has 3 rings (SSSR count). The minimum Gasteiger partial charge on any atom is -0.497 e. The van der Waals surface area contributed by atoms with Crippen molar-refractivity contribution in [1.29, 1.82) is 0 Å². The number of methoxy groups -OCH3 is 1. The lowest BCUT2D eigenvalue weighted by molar-refractivity contribution is -0.114. The quantitative estimate of drug-likeness (QED) is 0.339. The minimum absolute atomic E-state index is 0.0979. The molecule has 3 aromatic rings. The summed E-state index contributed by atoms with van der Waals surface area (Å²) in [4.78, 5) is 36.1. The van der Waals surface area contributed by atoms with Gasteiger partial charge in [0.15, 0.2) is 5.11 Å². The summed E-state index contributed by atoms with van der Waals surface area (Å²) in [5.74, 6) is -0.533. The van der Waals surface area contributed by atoms with Crippen molar-refractivity contribution < 1.29 is 19.1 Å². The molecule has 0 aliphatic rings. The molecule has 11 heteroatoms. The first kappa shape index (κ1) is 22.5. The number of ether oxygens (including phenoxy) is 1. The molecular formula is C20H17ClN4O4S2. The standard InChI is InChI=1S/C20H17ClN4O4S2/c1-10(26)22-12-5-3-11(4-6-12)18(27)24-25-20(30)23-19(28)17-16(21)14-8-7-13(29-2)9-15(14)31-17/h3-9H,1-2H3,(H,22,26)(H,24,27)(H2,23,25,28,30). The lowest BCUT2D eigenvalue weighted by atomic mass is 10.2. The third-order valence-electron chi connectivity index (χ3n) is 4.03. The van der Waals surface area contributed by atoms with Gasteiger partial charge in [0.1, 0.15) is 10.6 Å². The number of thiocarbonyl (C=S) groups is 1. The number of hydrogen-bond acceptors (Lipinski definition) is 6. The highest BCUT2D eigenvalue weighted by Gasteiger charge is 2.18. The van der Waals surface area contributed by atoms with Crippen molar-refractivity contribution in [2.75, 3.05) is 12.4 Å². The zero-order valence-electron chi connectivity index (χ0n) is 16.4. The first-order chi connectivity index (χ1) is 14.8. The van der Waals surface area contributed by atoms with Crippen LogP contribution in [0.4, 0.5) is 5.69 Å². The highest BCUT2D eigenvalue weighted by molar-refractivity contribution is 7.80. The maximum Gasteiger partial charge on any atom is 0.269 e. The van der Waals surface area contributed by atoms with E-state index in [-0.39, 0.29) is 15.9 Å². The number of amides is 3. The molecule has 0 radical (unpaired) electrons. The zero-order chi connectivity index (χ0) is 22.5. The SMILES string of the molecule is COc1ccc2c(Cl)c(C(=O)NC(=S)NNC(=O)c3ccc(NC(C)=O)cc3)sc2c1. The van der Waals surface area contributed by atoms with E-state index >= 15 is 0 Å². The highest BCUT2D eigenvalue weighted by Crippen LogP contribution is 2.37. The first-order valence-corrected chi connectivity index (χ1v) is 10.4. The number of fused-ring (bicyclic) bond motifs is 1. The summed E-state index contributed by atoms with van der Waals surface area (Å²) in [6, 6.07) is 11.6. The summed E-state index contributed by atoms with van der Waals surface area (Å²) in [5.41, 5.74) is 5.76. The molecule has 8 nitrogen and oxygen atoms in total. The number of halogens is 1. The second-order valence-corrected chi connectivity index (χ2v) is 8.07. The Morgan fingerprint density at radius 3 is 2.39 bits per heavy atom. The van der Waals surface area contributed by atoms with Crippen LogP contribution >= 0.6 is 35.2 Å². The molecule has 0 atom stereocenters. The lowest BCUT2D eigenvalue weighted by Crippen LogP contribution is -2.48. The van der Waals surface area contributed by atoms with Gasteiger partial charge in [-0.3, -0.25) is 30.6 Å². The van der Waals surface area contributed by atoms with Crippen LogP contribution in [0.2, 0.25) is 5.02 Å². The van der Waals surface area contributed by atoms with E-state index in [9.17, 15) is 14.4 Å². The average Bonchev–Trinajstić information content (AvgIpc) is 3.08. The van der Waals surface area contributed by atoms with E-state index in [2.05, 4.69) is 21.5 Å². The van der Waals surface area contributed by atoms with E-state index in [1.54, 1.807) is 37.4 Å². The zero-order valence-corrected chi connectivity index (χ0v) is 18.8. The number of nitrogens with one attached hydrogen (secondary N) is 4. The third-order valence-corrected chi connectivity index (χ3v) is 5.89.